The Hall–Kier alpha value is -2.37. The van der Waals surface area contributed by atoms with Crippen molar-refractivity contribution >= 4 is 17.8 Å². The third-order valence-electron chi connectivity index (χ3n) is 4.34. The molecule has 0 radical (unpaired) electrons. The van der Waals surface area contributed by atoms with Crippen LogP contribution in [0.15, 0.2) is 30.3 Å². The average molecular weight is 318 g/mol. The predicted octanol–water partition coefficient (Wildman–Crippen LogP) is 1.45. The van der Waals surface area contributed by atoms with Crippen molar-refractivity contribution < 1.29 is 19.5 Å². The topological polar surface area (TPSA) is 95.5 Å². The number of carboxylic acid groups (broad SMARTS) is 1. The van der Waals surface area contributed by atoms with Crippen LogP contribution >= 0.6 is 0 Å². The fourth-order valence-electron chi connectivity index (χ4n) is 2.67. The monoisotopic (exact) mass is 318 g/mol. The minimum atomic E-state index is -0.940. The van der Waals surface area contributed by atoms with Crippen molar-refractivity contribution in [3.05, 3.63) is 35.9 Å². The molecule has 2 amide bonds. The summed E-state index contributed by atoms with van der Waals surface area (Å²) in [4.78, 5) is 35.2. The van der Waals surface area contributed by atoms with E-state index in [2.05, 4.69) is 10.6 Å². The zero-order valence-corrected chi connectivity index (χ0v) is 13.2. The van der Waals surface area contributed by atoms with Gasteiger partial charge in [0, 0.05) is 13.0 Å². The summed E-state index contributed by atoms with van der Waals surface area (Å²) in [5.41, 5.74) is 0.0308. The molecule has 1 aromatic rings. The van der Waals surface area contributed by atoms with Crippen molar-refractivity contribution in [2.45, 2.75) is 45.2 Å². The van der Waals surface area contributed by atoms with Gasteiger partial charge in [-0.25, -0.2) is 0 Å². The van der Waals surface area contributed by atoms with Gasteiger partial charge in [0.2, 0.25) is 11.8 Å². The van der Waals surface area contributed by atoms with Crippen LogP contribution < -0.4 is 10.6 Å². The van der Waals surface area contributed by atoms with E-state index in [4.69, 9.17) is 0 Å². The van der Waals surface area contributed by atoms with Crippen LogP contribution in [0.2, 0.25) is 0 Å². The van der Waals surface area contributed by atoms with Gasteiger partial charge in [-0.15, -0.1) is 0 Å². The van der Waals surface area contributed by atoms with E-state index in [9.17, 15) is 19.5 Å². The van der Waals surface area contributed by atoms with Crippen molar-refractivity contribution in [3.63, 3.8) is 0 Å². The number of carbonyl (C=O) groups is 3. The Balaban J connectivity index is 1.79. The molecule has 1 aromatic carbocycles. The number of aliphatic carboxylic acids is 1. The Morgan fingerprint density at radius 3 is 2.39 bits per heavy atom. The van der Waals surface area contributed by atoms with Gasteiger partial charge in [0.05, 0.1) is 5.41 Å². The van der Waals surface area contributed by atoms with E-state index in [-0.39, 0.29) is 12.3 Å². The quantitative estimate of drug-likeness (QED) is 0.709. The van der Waals surface area contributed by atoms with Crippen LogP contribution in [0.25, 0.3) is 0 Å². The molecule has 1 atom stereocenters. The molecule has 6 nitrogen and oxygen atoms in total. The summed E-state index contributed by atoms with van der Waals surface area (Å²) in [7, 11) is 0. The summed E-state index contributed by atoms with van der Waals surface area (Å²) in [6, 6.07) is 8.77. The van der Waals surface area contributed by atoms with E-state index in [0.717, 1.165) is 12.0 Å². The summed E-state index contributed by atoms with van der Waals surface area (Å²) >= 11 is 0. The number of nitrogens with one attached hydrogen (secondary N) is 2. The second-order valence-electron chi connectivity index (χ2n) is 6.11. The van der Waals surface area contributed by atoms with Gasteiger partial charge in [-0.1, -0.05) is 36.8 Å². The first kappa shape index (κ1) is 17.0. The lowest BCUT2D eigenvalue weighted by Crippen LogP contribution is -2.48. The van der Waals surface area contributed by atoms with Crippen LogP contribution in [0.4, 0.5) is 0 Å². The predicted molar refractivity (Wildman–Crippen MR) is 84.4 cm³/mol. The molecule has 2 rings (SSSR count). The number of carboxylic acids is 1. The molecule has 0 bridgehead atoms. The fraction of sp³-hybridized carbons (Fsp3) is 0.471. The molecule has 1 fully saturated rings. The van der Waals surface area contributed by atoms with E-state index in [1.807, 2.05) is 30.3 Å². The van der Waals surface area contributed by atoms with Crippen molar-refractivity contribution in [3.8, 4) is 0 Å². The lowest BCUT2D eigenvalue weighted by atomic mass is 9.66. The molecule has 6 heteroatoms. The molecule has 23 heavy (non-hydrogen) atoms. The molecule has 1 unspecified atom stereocenters. The molecule has 3 N–H and O–H groups in total. The molecule has 0 saturated heterocycles. The van der Waals surface area contributed by atoms with Gasteiger partial charge < -0.3 is 15.7 Å². The fourth-order valence-corrected chi connectivity index (χ4v) is 2.67. The number of carbonyl (C=O) groups excluding carboxylic acids is 2. The molecule has 124 valence electrons. The maximum atomic E-state index is 12.0. The summed E-state index contributed by atoms with van der Waals surface area (Å²) < 4.78 is 0. The zero-order chi connectivity index (χ0) is 16.9. The summed E-state index contributed by atoms with van der Waals surface area (Å²) in [6.45, 7) is 1.98. The van der Waals surface area contributed by atoms with Crippen molar-refractivity contribution in [1.29, 1.82) is 0 Å². The molecule has 0 aliphatic heterocycles. The number of benzene rings is 1. The Morgan fingerprint density at radius 1 is 1.22 bits per heavy atom. The first-order valence-electron chi connectivity index (χ1n) is 7.77. The molecule has 0 heterocycles. The van der Waals surface area contributed by atoms with Crippen molar-refractivity contribution in [2.75, 3.05) is 0 Å². The largest absolute Gasteiger partial charge is 0.481 e. The average Bonchev–Trinajstić information content (AvgIpc) is 2.49. The SMILES string of the molecule is CC(NC(=O)CC1(C(=O)O)CCC1)C(=O)NCc1ccccc1. The minimum Gasteiger partial charge on any atom is -0.481 e. The summed E-state index contributed by atoms with van der Waals surface area (Å²) in [5, 5.41) is 14.6. The number of rotatable bonds is 7. The maximum absolute atomic E-state index is 12.0. The minimum absolute atomic E-state index is 0.0708. The molecular weight excluding hydrogens is 296 g/mol. The van der Waals surface area contributed by atoms with Gasteiger partial charge in [0.25, 0.3) is 0 Å². The highest BCUT2D eigenvalue weighted by Crippen LogP contribution is 2.44. The number of amides is 2. The van der Waals surface area contributed by atoms with E-state index in [0.29, 0.717) is 19.4 Å². The van der Waals surface area contributed by atoms with E-state index in [1.165, 1.54) is 0 Å². The van der Waals surface area contributed by atoms with Gasteiger partial charge in [0.15, 0.2) is 0 Å². The Kier molecular flexibility index (Phi) is 5.36. The van der Waals surface area contributed by atoms with E-state index in [1.54, 1.807) is 6.92 Å². The molecule has 0 aromatic heterocycles. The summed E-state index contributed by atoms with van der Waals surface area (Å²) in [5.74, 6) is -1.62. The number of hydrogen-bond donors (Lipinski definition) is 3. The third-order valence-corrected chi connectivity index (χ3v) is 4.34. The second-order valence-corrected chi connectivity index (χ2v) is 6.11. The molecule has 1 saturated carbocycles. The Labute approximate surface area is 135 Å². The molecule has 0 spiro atoms. The van der Waals surface area contributed by atoms with E-state index >= 15 is 0 Å². The second kappa shape index (κ2) is 7.26. The molecule has 1 aliphatic rings. The van der Waals surface area contributed by atoms with Gasteiger partial charge in [-0.3, -0.25) is 14.4 Å². The molecular formula is C17H22N2O4. The third kappa shape index (κ3) is 4.31. The Morgan fingerprint density at radius 2 is 1.87 bits per heavy atom. The lowest BCUT2D eigenvalue weighted by Gasteiger charge is -2.37. The normalized spacial score (nSPS) is 16.7. The smallest absolute Gasteiger partial charge is 0.310 e. The highest BCUT2D eigenvalue weighted by Gasteiger charge is 2.46. The summed E-state index contributed by atoms with van der Waals surface area (Å²) in [6.07, 6.45) is 1.79. The maximum Gasteiger partial charge on any atom is 0.310 e. The van der Waals surface area contributed by atoms with Crippen LogP contribution in [0.3, 0.4) is 0 Å². The highest BCUT2D eigenvalue weighted by molar-refractivity contribution is 5.90. The van der Waals surface area contributed by atoms with Gasteiger partial charge in [-0.2, -0.15) is 0 Å². The Bertz CT molecular complexity index is 582. The van der Waals surface area contributed by atoms with E-state index < -0.39 is 23.3 Å². The molecule has 1 aliphatic carbocycles. The van der Waals surface area contributed by atoms with Crippen molar-refractivity contribution in [2.24, 2.45) is 5.41 Å². The highest BCUT2D eigenvalue weighted by atomic mass is 16.4. The van der Waals surface area contributed by atoms with Crippen LogP contribution in [0, 0.1) is 5.41 Å². The van der Waals surface area contributed by atoms with Gasteiger partial charge >= 0.3 is 5.97 Å². The standard InChI is InChI=1S/C17H22N2O4/c1-12(15(21)18-11-13-6-3-2-4-7-13)19-14(20)10-17(16(22)23)8-5-9-17/h2-4,6-7,12H,5,8-11H2,1H3,(H,18,21)(H,19,20)(H,22,23). The van der Waals surface area contributed by atoms with Gasteiger partial charge in [0.1, 0.15) is 6.04 Å². The van der Waals surface area contributed by atoms with Gasteiger partial charge in [-0.05, 0) is 25.3 Å². The zero-order valence-electron chi connectivity index (χ0n) is 13.2. The lowest BCUT2D eigenvalue weighted by molar-refractivity contribution is -0.157. The first-order chi connectivity index (χ1) is 10.9. The first-order valence-corrected chi connectivity index (χ1v) is 7.77. The number of hydrogen-bond acceptors (Lipinski definition) is 3. The van der Waals surface area contributed by atoms with Crippen molar-refractivity contribution in [1.82, 2.24) is 10.6 Å². The van der Waals surface area contributed by atoms with Crippen LogP contribution in [-0.4, -0.2) is 28.9 Å². The van der Waals surface area contributed by atoms with Crippen LogP contribution in [0.1, 0.15) is 38.2 Å². The van der Waals surface area contributed by atoms with Crippen LogP contribution in [0.5, 0.6) is 0 Å². The van der Waals surface area contributed by atoms with Crippen LogP contribution in [-0.2, 0) is 20.9 Å².